The minimum absolute atomic E-state index is 0.258. The number of aromatic nitrogens is 2. The third kappa shape index (κ3) is 3.75. The summed E-state index contributed by atoms with van der Waals surface area (Å²) in [7, 11) is 1.09. The number of carboxylic acid groups (broad SMARTS) is 1. The number of aryl methyl sites for hydroxylation is 1. The van der Waals surface area contributed by atoms with Gasteiger partial charge in [-0.3, -0.25) is 19.0 Å². The summed E-state index contributed by atoms with van der Waals surface area (Å²) < 4.78 is 46.7. The molecule has 1 fully saturated rings. The van der Waals surface area contributed by atoms with Gasteiger partial charge in [0.2, 0.25) is 0 Å². The number of carboxylic acids is 1. The number of aromatic hydroxyl groups is 1. The van der Waals surface area contributed by atoms with Crippen LogP contribution in [0.2, 0.25) is 0 Å². The Kier molecular flexibility index (Phi) is 5.22. The molecular weight excluding hydrogens is 399 g/mol. The average molecular weight is 415 g/mol. The molecule has 29 heavy (non-hydrogen) atoms. The minimum Gasteiger partial charge on any atom is -0.506 e. The van der Waals surface area contributed by atoms with Crippen LogP contribution in [0.4, 0.5) is 13.2 Å². The fourth-order valence-electron chi connectivity index (χ4n) is 3.19. The van der Waals surface area contributed by atoms with Crippen molar-refractivity contribution in [2.45, 2.75) is 25.1 Å². The molecule has 0 radical (unpaired) electrons. The van der Waals surface area contributed by atoms with E-state index in [-0.39, 0.29) is 17.6 Å². The summed E-state index contributed by atoms with van der Waals surface area (Å²) in [6.45, 7) is -0.548. The standard InChI is InChI=1S/C17H16F3N3O6/c1-23-14-8(12(26)11(16(23)28)15(27)21-6-10(24)25)5-7(9-3-2-4-29-9)13(22-14)17(18,19)20/h5,9,26H,2-4,6H2,1H3,(H,21,27)(H,24,25)/t9-/m1/s1. The van der Waals surface area contributed by atoms with E-state index in [0.717, 1.165) is 13.1 Å². The normalized spacial score (nSPS) is 16.9. The van der Waals surface area contributed by atoms with E-state index in [1.54, 1.807) is 0 Å². The van der Waals surface area contributed by atoms with Crippen molar-refractivity contribution in [1.82, 2.24) is 14.9 Å². The lowest BCUT2D eigenvalue weighted by Crippen LogP contribution is -2.35. The minimum atomic E-state index is -4.83. The molecule has 0 aliphatic carbocycles. The molecule has 1 aliphatic rings. The molecule has 3 N–H and O–H groups in total. The Morgan fingerprint density at radius 1 is 1.41 bits per heavy atom. The number of ether oxygens (including phenoxy) is 1. The summed E-state index contributed by atoms with van der Waals surface area (Å²) in [5.74, 6) is -3.44. The van der Waals surface area contributed by atoms with E-state index in [1.165, 1.54) is 0 Å². The van der Waals surface area contributed by atoms with Crippen LogP contribution < -0.4 is 10.9 Å². The van der Waals surface area contributed by atoms with Crippen LogP contribution in [0.25, 0.3) is 11.0 Å². The molecule has 12 heteroatoms. The molecule has 156 valence electrons. The Labute approximate surface area is 160 Å². The van der Waals surface area contributed by atoms with Crippen molar-refractivity contribution in [3.05, 3.63) is 33.2 Å². The Balaban J connectivity index is 2.27. The van der Waals surface area contributed by atoms with Crippen molar-refractivity contribution in [2.75, 3.05) is 13.2 Å². The monoisotopic (exact) mass is 415 g/mol. The first-order chi connectivity index (χ1) is 13.5. The lowest BCUT2D eigenvalue weighted by atomic mass is 10.0. The van der Waals surface area contributed by atoms with Crippen molar-refractivity contribution < 1.29 is 37.7 Å². The van der Waals surface area contributed by atoms with Crippen LogP contribution in [0.1, 0.15) is 40.6 Å². The summed E-state index contributed by atoms with van der Waals surface area (Å²) in [4.78, 5) is 38.8. The first kappa shape index (κ1) is 20.6. The molecule has 0 aromatic carbocycles. The highest BCUT2D eigenvalue weighted by molar-refractivity contribution is 6.02. The van der Waals surface area contributed by atoms with Gasteiger partial charge in [0.05, 0.1) is 11.5 Å². The van der Waals surface area contributed by atoms with E-state index in [9.17, 15) is 32.7 Å². The van der Waals surface area contributed by atoms with E-state index in [0.29, 0.717) is 17.4 Å². The zero-order valence-electron chi connectivity index (χ0n) is 15.0. The van der Waals surface area contributed by atoms with Crippen LogP contribution in [-0.4, -0.2) is 44.8 Å². The van der Waals surface area contributed by atoms with Crippen molar-refractivity contribution in [2.24, 2.45) is 7.05 Å². The molecule has 1 saturated heterocycles. The first-order valence-electron chi connectivity index (χ1n) is 8.47. The number of hydrogen-bond donors (Lipinski definition) is 3. The fourth-order valence-corrected chi connectivity index (χ4v) is 3.19. The molecule has 0 spiro atoms. The van der Waals surface area contributed by atoms with Gasteiger partial charge in [-0.2, -0.15) is 13.2 Å². The highest BCUT2D eigenvalue weighted by Crippen LogP contribution is 2.40. The molecule has 0 unspecified atom stereocenters. The number of carbonyl (C=O) groups is 2. The zero-order chi connectivity index (χ0) is 21.5. The molecule has 0 bridgehead atoms. The number of nitrogens with one attached hydrogen (secondary N) is 1. The van der Waals surface area contributed by atoms with Gasteiger partial charge in [-0.25, -0.2) is 4.98 Å². The molecule has 2 aromatic heterocycles. The summed E-state index contributed by atoms with van der Waals surface area (Å²) >= 11 is 0. The Morgan fingerprint density at radius 3 is 2.66 bits per heavy atom. The number of rotatable bonds is 4. The van der Waals surface area contributed by atoms with Crippen LogP contribution >= 0.6 is 0 Å². The Hall–Kier alpha value is -3.15. The third-order valence-electron chi connectivity index (χ3n) is 4.53. The predicted octanol–water partition coefficient (Wildman–Crippen LogP) is 1.32. The molecule has 1 atom stereocenters. The zero-order valence-corrected chi connectivity index (χ0v) is 15.0. The maximum absolute atomic E-state index is 13.6. The summed E-state index contributed by atoms with van der Waals surface area (Å²) in [6.07, 6.45) is -4.88. The summed E-state index contributed by atoms with van der Waals surface area (Å²) in [6, 6.07) is 1.00. The van der Waals surface area contributed by atoms with Gasteiger partial charge in [-0.05, 0) is 18.9 Å². The van der Waals surface area contributed by atoms with E-state index in [4.69, 9.17) is 9.84 Å². The van der Waals surface area contributed by atoms with Gasteiger partial charge >= 0.3 is 12.1 Å². The van der Waals surface area contributed by atoms with Crippen molar-refractivity contribution in [3.8, 4) is 5.75 Å². The largest absolute Gasteiger partial charge is 0.506 e. The van der Waals surface area contributed by atoms with E-state index >= 15 is 0 Å². The summed E-state index contributed by atoms with van der Waals surface area (Å²) in [5, 5.41) is 20.8. The smallest absolute Gasteiger partial charge is 0.433 e. The van der Waals surface area contributed by atoms with Crippen molar-refractivity contribution in [3.63, 3.8) is 0 Å². The maximum atomic E-state index is 13.6. The quantitative estimate of drug-likeness (QED) is 0.687. The molecular formula is C17H16F3N3O6. The second kappa shape index (κ2) is 7.35. The number of hydrogen-bond acceptors (Lipinski definition) is 6. The van der Waals surface area contributed by atoms with E-state index in [1.807, 2.05) is 5.32 Å². The van der Waals surface area contributed by atoms with Gasteiger partial charge in [0, 0.05) is 19.2 Å². The maximum Gasteiger partial charge on any atom is 0.433 e. The molecule has 2 aromatic rings. The Bertz CT molecular complexity index is 1060. The fraction of sp³-hybridized carbons (Fsp3) is 0.412. The van der Waals surface area contributed by atoms with Crippen LogP contribution in [0.5, 0.6) is 5.75 Å². The molecule has 3 heterocycles. The molecule has 9 nitrogen and oxygen atoms in total. The van der Waals surface area contributed by atoms with Gasteiger partial charge in [-0.15, -0.1) is 0 Å². The SMILES string of the molecule is Cn1c(=O)c(C(=O)NCC(=O)O)c(O)c2cc([C@H]3CCCO3)c(C(F)(F)F)nc21. The van der Waals surface area contributed by atoms with Crippen LogP contribution in [0.15, 0.2) is 10.9 Å². The van der Waals surface area contributed by atoms with E-state index in [2.05, 4.69) is 4.98 Å². The van der Waals surface area contributed by atoms with Crippen molar-refractivity contribution >= 4 is 22.9 Å². The van der Waals surface area contributed by atoms with Gasteiger partial charge < -0.3 is 20.3 Å². The second-order valence-corrected chi connectivity index (χ2v) is 6.46. The molecule has 1 aliphatic heterocycles. The number of amides is 1. The topological polar surface area (TPSA) is 131 Å². The van der Waals surface area contributed by atoms with Crippen molar-refractivity contribution in [1.29, 1.82) is 0 Å². The average Bonchev–Trinajstić information content (AvgIpc) is 3.17. The summed E-state index contributed by atoms with van der Waals surface area (Å²) in [5.41, 5.74) is -3.94. The number of fused-ring (bicyclic) bond motifs is 1. The molecule has 1 amide bonds. The van der Waals surface area contributed by atoms with Crippen LogP contribution in [0, 0.1) is 0 Å². The number of alkyl halides is 3. The van der Waals surface area contributed by atoms with Crippen LogP contribution in [-0.2, 0) is 22.8 Å². The number of pyridine rings is 2. The predicted molar refractivity (Wildman–Crippen MR) is 91.5 cm³/mol. The lowest BCUT2D eigenvalue weighted by Gasteiger charge is -2.19. The number of aliphatic carboxylic acids is 1. The second-order valence-electron chi connectivity index (χ2n) is 6.46. The van der Waals surface area contributed by atoms with Crippen LogP contribution in [0.3, 0.4) is 0 Å². The van der Waals surface area contributed by atoms with Gasteiger partial charge in [-0.1, -0.05) is 0 Å². The Morgan fingerprint density at radius 2 is 2.10 bits per heavy atom. The molecule has 0 saturated carbocycles. The number of halogens is 3. The molecule has 3 rings (SSSR count). The first-order valence-corrected chi connectivity index (χ1v) is 8.47. The third-order valence-corrected chi connectivity index (χ3v) is 4.53. The van der Waals surface area contributed by atoms with Gasteiger partial charge in [0.1, 0.15) is 23.5 Å². The lowest BCUT2D eigenvalue weighted by molar-refractivity contribution is -0.142. The van der Waals surface area contributed by atoms with E-state index < -0.39 is 58.9 Å². The van der Waals surface area contributed by atoms with Gasteiger partial charge in [0.25, 0.3) is 11.5 Å². The highest BCUT2D eigenvalue weighted by atomic mass is 19.4. The van der Waals surface area contributed by atoms with Gasteiger partial charge in [0.15, 0.2) is 5.69 Å². The number of carbonyl (C=O) groups excluding carboxylic acids is 1. The number of nitrogens with zero attached hydrogens (tertiary/aromatic N) is 2. The highest BCUT2D eigenvalue weighted by Gasteiger charge is 2.39.